The topological polar surface area (TPSA) is 59.2 Å². The average Bonchev–Trinajstić information content (AvgIpc) is 2.27. The van der Waals surface area contributed by atoms with Crippen molar-refractivity contribution in [3.8, 4) is 0 Å². The van der Waals surface area contributed by atoms with Crippen molar-refractivity contribution in [2.24, 2.45) is 0 Å². The van der Waals surface area contributed by atoms with E-state index >= 15 is 0 Å². The molecule has 0 aliphatic heterocycles. The molecular formula is C13H21N3O. The number of aryl methyl sites for hydroxylation is 1. The van der Waals surface area contributed by atoms with E-state index in [0.29, 0.717) is 11.3 Å². The number of carbonyl (C=O) groups is 1. The molecule has 1 amide bonds. The van der Waals surface area contributed by atoms with E-state index in [9.17, 15) is 4.79 Å². The molecule has 1 aromatic heterocycles. The van der Waals surface area contributed by atoms with Gasteiger partial charge >= 0.3 is 0 Å². The molecule has 0 aliphatic carbocycles. The number of nitrogen functional groups attached to an aromatic ring is 1. The Bertz CT molecular complexity index is 404. The summed E-state index contributed by atoms with van der Waals surface area (Å²) in [5.74, 6) is -0.0593. The molecule has 0 bridgehead atoms. The van der Waals surface area contributed by atoms with Crippen molar-refractivity contribution >= 4 is 11.6 Å². The van der Waals surface area contributed by atoms with Gasteiger partial charge in [-0.2, -0.15) is 0 Å². The Hall–Kier alpha value is -1.58. The highest BCUT2D eigenvalue weighted by Gasteiger charge is 2.19. The molecule has 0 saturated carbocycles. The van der Waals surface area contributed by atoms with E-state index in [1.165, 1.54) is 0 Å². The molecule has 4 heteroatoms. The number of carbonyl (C=O) groups excluding carboxylic acids is 1. The maximum Gasteiger partial charge on any atom is 0.257 e. The van der Waals surface area contributed by atoms with Crippen LogP contribution in [0.1, 0.15) is 42.7 Å². The van der Waals surface area contributed by atoms with Crippen molar-refractivity contribution in [2.75, 3.05) is 12.8 Å². The number of hydrogen-bond donors (Lipinski definition) is 1. The van der Waals surface area contributed by atoms with Gasteiger partial charge in [0.25, 0.3) is 5.91 Å². The lowest BCUT2D eigenvalue weighted by atomic mass is 10.1. The Labute approximate surface area is 103 Å². The molecule has 1 aromatic rings. The predicted octanol–water partition coefficient (Wildman–Crippen LogP) is 2.23. The van der Waals surface area contributed by atoms with Crippen molar-refractivity contribution in [3.05, 3.63) is 23.5 Å². The summed E-state index contributed by atoms with van der Waals surface area (Å²) >= 11 is 0. The summed E-state index contributed by atoms with van der Waals surface area (Å²) < 4.78 is 0. The monoisotopic (exact) mass is 235 g/mol. The standard InChI is InChI=1S/C13H21N3O/c1-5-6-10(3)16(4)13(17)11-8-15-9(2)7-12(11)14/h7-8,10H,5-6H2,1-4H3,(H2,14,15). The van der Waals surface area contributed by atoms with Gasteiger partial charge in [0, 0.05) is 30.7 Å². The molecule has 0 radical (unpaired) electrons. The number of amides is 1. The highest BCUT2D eigenvalue weighted by atomic mass is 16.2. The largest absolute Gasteiger partial charge is 0.398 e. The minimum atomic E-state index is -0.0593. The molecular weight excluding hydrogens is 214 g/mol. The normalized spacial score (nSPS) is 12.2. The van der Waals surface area contributed by atoms with Crippen molar-refractivity contribution < 1.29 is 4.79 Å². The third-order valence-electron chi connectivity index (χ3n) is 2.99. The highest BCUT2D eigenvalue weighted by Crippen LogP contribution is 2.16. The number of anilines is 1. The van der Waals surface area contributed by atoms with Gasteiger partial charge in [0.2, 0.25) is 0 Å². The minimum Gasteiger partial charge on any atom is -0.398 e. The Kier molecular flexibility index (Phi) is 4.49. The summed E-state index contributed by atoms with van der Waals surface area (Å²) in [7, 11) is 1.81. The fourth-order valence-electron chi connectivity index (χ4n) is 1.76. The molecule has 1 heterocycles. The van der Waals surface area contributed by atoms with E-state index in [4.69, 9.17) is 5.73 Å². The quantitative estimate of drug-likeness (QED) is 0.870. The van der Waals surface area contributed by atoms with Gasteiger partial charge in [-0.05, 0) is 26.3 Å². The van der Waals surface area contributed by atoms with Crippen LogP contribution >= 0.6 is 0 Å². The van der Waals surface area contributed by atoms with E-state index in [2.05, 4.69) is 11.9 Å². The fourth-order valence-corrected chi connectivity index (χ4v) is 1.76. The third-order valence-corrected chi connectivity index (χ3v) is 2.99. The molecule has 2 N–H and O–H groups in total. The van der Waals surface area contributed by atoms with Gasteiger partial charge in [-0.15, -0.1) is 0 Å². The van der Waals surface area contributed by atoms with Crippen LogP contribution in [0.2, 0.25) is 0 Å². The second-order valence-corrected chi connectivity index (χ2v) is 4.47. The summed E-state index contributed by atoms with van der Waals surface area (Å²) in [4.78, 5) is 18.0. The summed E-state index contributed by atoms with van der Waals surface area (Å²) in [6.07, 6.45) is 3.60. The third kappa shape index (κ3) is 3.19. The van der Waals surface area contributed by atoms with Crippen LogP contribution in [-0.4, -0.2) is 28.9 Å². The van der Waals surface area contributed by atoms with Crippen LogP contribution in [0.25, 0.3) is 0 Å². The lowest BCUT2D eigenvalue weighted by molar-refractivity contribution is 0.0737. The molecule has 0 aliphatic rings. The van der Waals surface area contributed by atoms with Gasteiger partial charge in [-0.25, -0.2) is 0 Å². The second-order valence-electron chi connectivity index (χ2n) is 4.47. The highest BCUT2D eigenvalue weighted by molar-refractivity contribution is 5.98. The van der Waals surface area contributed by atoms with Crippen LogP contribution in [0.3, 0.4) is 0 Å². The molecule has 1 unspecified atom stereocenters. The smallest absolute Gasteiger partial charge is 0.257 e. The van der Waals surface area contributed by atoms with Crippen molar-refractivity contribution in [1.82, 2.24) is 9.88 Å². The van der Waals surface area contributed by atoms with Crippen molar-refractivity contribution in [3.63, 3.8) is 0 Å². The Balaban J connectivity index is 2.88. The maximum absolute atomic E-state index is 12.2. The first-order chi connectivity index (χ1) is 7.97. The van der Waals surface area contributed by atoms with Crippen LogP contribution in [0.4, 0.5) is 5.69 Å². The average molecular weight is 235 g/mol. The molecule has 1 rings (SSSR count). The van der Waals surface area contributed by atoms with Gasteiger partial charge in [0.1, 0.15) is 0 Å². The zero-order chi connectivity index (χ0) is 13.0. The SMILES string of the molecule is CCCC(C)N(C)C(=O)c1cnc(C)cc1N. The Morgan fingerprint density at radius 3 is 2.76 bits per heavy atom. The summed E-state index contributed by atoms with van der Waals surface area (Å²) in [5.41, 5.74) is 7.65. The Morgan fingerprint density at radius 2 is 2.24 bits per heavy atom. The Morgan fingerprint density at radius 1 is 1.59 bits per heavy atom. The van der Waals surface area contributed by atoms with Gasteiger partial charge < -0.3 is 10.6 Å². The molecule has 0 aromatic carbocycles. The lowest BCUT2D eigenvalue weighted by Crippen LogP contribution is -2.35. The zero-order valence-corrected chi connectivity index (χ0v) is 11.0. The maximum atomic E-state index is 12.2. The number of hydrogen-bond acceptors (Lipinski definition) is 3. The van der Waals surface area contributed by atoms with Crippen molar-refractivity contribution in [2.45, 2.75) is 39.7 Å². The summed E-state index contributed by atoms with van der Waals surface area (Å²) in [5, 5.41) is 0. The zero-order valence-electron chi connectivity index (χ0n) is 11.0. The molecule has 94 valence electrons. The number of pyridine rings is 1. The lowest BCUT2D eigenvalue weighted by Gasteiger charge is -2.25. The van der Waals surface area contributed by atoms with Gasteiger partial charge in [-0.3, -0.25) is 9.78 Å². The van der Waals surface area contributed by atoms with Crippen LogP contribution in [0, 0.1) is 6.92 Å². The number of nitrogens with zero attached hydrogens (tertiary/aromatic N) is 2. The first kappa shape index (κ1) is 13.5. The minimum absolute atomic E-state index is 0.0593. The second kappa shape index (κ2) is 5.66. The van der Waals surface area contributed by atoms with Crippen LogP contribution in [0.5, 0.6) is 0 Å². The number of nitrogens with two attached hydrogens (primary N) is 1. The molecule has 1 atom stereocenters. The molecule has 0 saturated heterocycles. The van der Waals surface area contributed by atoms with E-state index < -0.39 is 0 Å². The molecule has 17 heavy (non-hydrogen) atoms. The van der Waals surface area contributed by atoms with Gasteiger partial charge in [0.05, 0.1) is 5.56 Å². The van der Waals surface area contributed by atoms with Crippen LogP contribution < -0.4 is 5.73 Å². The predicted molar refractivity (Wildman–Crippen MR) is 69.8 cm³/mol. The van der Waals surface area contributed by atoms with Crippen molar-refractivity contribution in [1.29, 1.82) is 0 Å². The first-order valence-electron chi connectivity index (χ1n) is 5.96. The van der Waals surface area contributed by atoms with E-state index in [1.54, 1.807) is 17.2 Å². The van der Waals surface area contributed by atoms with E-state index in [0.717, 1.165) is 18.5 Å². The molecule has 0 spiro atoms. The van der Waals surface area contributed by atoms with E-state index in [1.807, 2.05) is 20.9 Å². The number of aromatic nitrogens is 1. The van der Waals surface area contributed by atoms with E-state index in [-0.39, 0.29) is 11.9 Å². The first-order valence-corrected chi connectivity index (χ1v) is 5.96. The molecule has 4 nitrogen and oxygen atoms in total. The fraction of sp³-hybridized carbons (Fsp3) is 0.538. The van der Waals surface area contributed by atoms with Crippen LogP contribution in [-0.2, 0) is 0 Å². The van der Waals surface area contributed by atoms with Crippen LogP contribution in [0.15, 0.2) is 12.3 Å². The number of rotatable bonds is 4. The summed E-state index contributed by atoms with van der Waals surface area (Å²) in [6, 6.07) is 1.94. The molecule has 0 fully saturated rings. The van der Waals surface area contributed by atoms with Gasteiger partial charge in [0.15, 0.2) is 0 Å². The summed E-state index contributed by atoms with van der Waals surface area (Å²) in [6.45, 7) is 6.00. The van der Waals surface area contributed by atoms with Gasteiger partial charge in [-0.1, -0.05) is 13.3 Å².